The molecule has 7 nitrogen and oxygen atoms in total. The molecule has 162 valence electrons. The Labute approximate surface area is 180 Å². The van der Waals surface area contributed by atoms with Gasteiger partial charge in [-0.15, -0.1) is 0 Å². The van der Waals surface area contributed by atoms with Crippen LogP contribution >= 0.6 is 11.5 Å². The first kappa shape index (κ1) is 21.2. The van der Waals surface area contributed by atoms with Gasteiger partial charge in [0, 0.05) is 43.3 Å². The van der Waals surface area contributed by atoms with E-state index in [0.717, 1.165) is 67.7 Å². The van der Waals surface area contributed by atoms with Crippen molar-refractivity contribution in [2.24, 2.45) is 0 Å². The maximum absolute atomic E-state index is 12.7. The Morgan fingerprint density at radius 1 is 1.06 bits per heavy atom. The van der Waals surface area contributed by atoms with Gasteiger partial charge in [0.1, 0.15) is 5.69 Å². The van der Waals surface area contributed by atoms with Crippen molar-refractivity contribution in [1.82, 2.24) is 19.2 Å². The van der Waals surface area contributed by atoms with Gasteiger partial charge in [0.25, 0.3) is 5.91 Å². The van der Waals surface area contributed by atoms with Gasteiger partial charge in [-0.25, -0.2) is 0 Å². The molecule has 1 amide bonds. The van der Waals surface area contributed by atoms with E-state index in [0.29, 0.717) is 11.5 Å². The molecular weight excluding hydrogens is 429 g/mol. The highest BCUT2D eigenvalue weighted by Gasteiger charge is 2.30. The van der Waals surface area contributed by atoms with Gasteiger partial charge < -0.3 is 9.80 Å². The summed E-state index contributed by atoms with van der Waals surface area (Å²) in [5.74, 6) is -0.188. The summed E-state index contributed by atoms with van der Waals surface area (Å²) in [4.78, 5) is 25.5. The Hall–Kier alpha value is -3.05. The molecule has 0 saturated carbocycles. The molecule has 11 heteroatoms. The fourth-order valence-corrected chi connectivity index (χ4v) is 3.70. The fraction of sp³-hybridized carbons (Fsp3) is 0.300. The summed E-state index contributed by atoms with van der Waals surface area (Å²) in [6.45, 7) is 3.87. The van der Waals surface area contributed by atoms with Crippen LogP contribution in [0, 0.1) is 0 Å². The molecule has 0 atom stereocenters. The molecule has 0 unspecified atom stereocenters. The number of likely N-dealkylation sites (N-methyl/N-ethyl adjacent to an activating group) is 1. The Bertz CT molecular complexity index is 1040. The number of alkyl halides is 3. The van der Waals surface area contributed by atoms with E-state index in [-0.39, 0.29) is 10.7 Å². The van der Waals surface area contributed by atoms with Gasteiger partial charge in [0.15, 0.2) is 5.82 Å². The molecule has 3 heterocycles. The van der Waals surface area contributed by atoms with Crippen molar-refractivity contribution in [3.8, 4) is 11.5 Å². The van der Waals surface area contributed by atoms with Crippen LogP contribution in [0.4, 0.5) is 24.0 Å². The predicted octanol–water partition coefficient (Wildman–Crippen LogP) is 3.62. The van der Waals surface area contributed by atoms with Crippen LogP contribution in [0.5, 0.6) is 0 Å². The molecular formula is C20H19F3N6OS. The highest BCUT2D eigenvalue weighted by Crippen LogP contribution is 2.29. The molecule has 3 aromatic rings. The highest BCUT2D eigenvalue weighted by atomic mass is 32.1. The monoisotopic (exact) mass is 448 g/mol. The summed E-state index contributed by atoms with van der Waals surface area (Å²) in [5.41, 5.74) is 0.889. The number of nitrogens with one attached hydrogen (secondary N) is 1. The lowest BCUT2D eigenvalue weighted by molar-refractivity contribution is -0.137. The molecule has 0 spiro atoms. The van der Waals surface area contributed by atoms with Crippen LogP contribution in [-0.2, 0) is 6.18 Å². The zero-order valence-electron chi connectivity index (χ0n) is 16.6. The van der Waals surface area contributed by atoms with E-state index in [1.54, 1.807) is 6.20 Å². The molecule has 31 heavy (non-hydrogen) atoms. The number of anilines is 2. The number of benzene rings is 1. The van der Waals surface area contributed by atoms with Gasteiger partial charge >= 0.3 is 6.18 Å². The number of halogens is 3. The molecule has 1 aliphatic heterocycles. The molecule has 0 bridgehead atoms. The molecule has 0 aliphatic carbocycles. The number of rotatable bonds is 4. The maximum atomic E-state index is 12.7. The average molecular weight is 448 g/mol. The average Bonchev–Trinajstić information content (AvgIpc) is 3.22. The van der Waals surface area contributed by atoms with Crippen LogP contribution in [-0.4, -0.2) is 58.4 Å². The van der Waals surface area contributed by atoms with Crippen LogP contribution in [0.3, 0.4) is 0 Å². The number of amides is 1. The molecule has 1 N–H and O–H groups in total. The Kier molecular flexibility index (Phi) is 5.88. The topological polar surface area (TPSA) is 74.2 Å². The fourth-order valence-electron chi connectivity index (χ4n) is 3.13. The smallest absolute Gasteiger partial charge is 0.368 e. The second kappa shape index (κ2) is 8.60. The zero-order valence-corrected chi connectivity index (χ0v) is 17.4. The first-order valence-corrected chi connectivity index (χ1v) is 10.3. The third-order valence-corrected chi connectivity index (χ3v) is 5.60. The van der Waals surface area contributed by atoms with E-state index in [1.165, 1.54) is 0 Å². The van der Waals surface area contributed by atoms with Crippen LogP contribution in [0.15, 0.2) is 42.6 Å². The van der Waals surface area contributed by atoms with Gasteiger partial charge in [-0.3, -0.25) is 15.1 Å². The van der Waals surface area contributed by atoms with Gasteiger partial charge in [-0.2, -0.15) is 22.5 Å². The third kappa shape index (κ3) is 5.00. The number of carbonyl (C=O) groups is 1. The standard InChI is InChI=1S/C20H19F3N6OS/c1-28-8-10-29(11-9-28)15-6-7-16(24-12-15)17-25-19(31-27-17)26-18(30)13-2-4-14(5-3-13)20(21,22)23/h2-7,12H,8-11H2,1H3,(H,25,26,27,30). The minimum absolute atomic E-state index is 0.0967. The van der Waals surface area contributed by atoms with Crippen molar-refractivity contribution >= 4 is 28.3 Å². The lowest BCUT2D eigenvalue weighted by atomic mass is 10.1. The largest absolute Gasteiger partial charge is 0.416 e. The summed E-state index contributed by atoms with van der Waals surface area (Å²) in [6, 6.07) is 7.78. The summed E-state index contributed by atoms with van der Waals surface area (Å²) in [7, 11) is 2.10. The molecule has 4 rings (SSSR count). The Balaban J connectivity index is 1.40. The second-order valence-corrected chi connectivity index (χ2v) is 7.90. The molecule has 1 saturated heterocycles. The number of nitrogens with zero attached hydrogens (tertiary/aromatic N) is 5. The first-order chi connectivity index (χ1) is 14.8. The minimum atomic E-state index is -4.45. The van der Waals surface area contributed by atoms with Crippen molar-refractivity contribution in [1.29, 1.82) is 0 Å². The lowest BCUT2D eigenvalue weighted by Gasteiger charge is -2.33. The number of carbonyl (C=O) groups excluding carboxylic acids is 1. The van der Waals surface area contributed by atoms with E-state index in [4.69, 9.17) is 0 Å². The lowest BCUT2D eigenvalue weighted by Crippen LogP contribution is -2.44. The number of piperazine rings is 1. The highest BCUT2D eigenvalue weighted by molar-refractivity contribution is 7.10. The molecule has 2 aromatic heterocycles. The zero-order chi connectivity index (χ0) is 22.0. The minimum Gasteiger partial charge on any atom is -0.368 e. The number of hydrogen-bond donors (Lipinski definition) is 1. The maximum Gasteiger partial charge on any atom is 0.416 e. The van der Waals surface area contributed by atoms with Crippen LogP contribution < -0.4 is 10.2 Å². The predicted molar refractivity (Wildman–Crippen MR) is 112 cm³/mol. The van der Waals surface area contributed by atoms with Crippen LogP contribution in [0.1, 0.15) is 15.9 Å². The summed E-state index contributed by atoms with van der Waals surface area (Å²) < 4.78 is 42.2. The summed E-state index contributed by atoms with van der Waals surface area (Å²) in [6.07, 6.45) is -2.67. The number of aromatic nitrogens is 3. The first-order valence-electron chi connectivity index (χ1n) is 9.52. The van der Waals surface area contributed by atoms with Crippen molar-refractivity contribution in [2.75, 3.05) is 43.4 Å². The summed E-state index contributed by atoms with van der Waals surface area (Å²) in [5, 5.41) is 2.80. The van der Waals surface area contributed by atoms with E-state index < -0.39 is 17.6 Å². The quantitative estimate of drug-likeness (QED) is 0.657. The van der Waals surface area contributed by atoms with Crippen molar-refractivity contribution < 1.29 is 18.0 Å². The van der Waals surface area contributed by atoms with Crippen LogP contribution in [0.25, 0.3) is 11.5 Å². The van der Waals surface area contributed by atoms with Gasteiger partial charge in [-0.05, 0) is 43.4 Å². The number of pyridine rings is 1. The summed E-state index contributed by atoms with van der Waals surface area (Å²) >= 11 is 0.978. The van der Waals surface area contributed by atoms with E-state index in [2.05, 4.69) is 36.5 Å². The van der Waals surface area contributed by atoms with E-state index in [9.17, 15) is 18.0 Å². The van der Waals surface area contributed by atoms with Crippen LogP contribution in [0.2, 0.25) is 0 Å². The normalized spacial score (nSPS) is 15.2. The molecule has 1 aliphatic rings. The number of hydrogen-bond acceptors (Lipinski definition) is 7. The Morgan fingerprint density at radius 2 is 1.77 bits per heavy atom. The van der Waals surface area contributed by atoms with Crippen molar-refractivity contribution in [3.05, 3.63) is 53.7 Å². The van der Waals surface area contributed by atoms with Gasteiger partial charge in [0.2, 0.25) is 5.13 Å². The van der Waals surface area contributed by atoms with Gasteiger partial charge in [-0.1, -0.05) is 0 Å². The third-order valence-electron chi connectivity index (χ3n) is 4.97. The van der Waals surface area contributed by atoms with E-state index in [1.807, 2.05) is 12.1 Å². The molecule has 1 aromatic carbocycles. The Morgan fingerprint density at radius 3 is 2.39 bits per heavy atom. The second-order valence-electron chi connectivity index (χ2n) is 7.14. The van der Waals surface area contributed by atoms with Crippen molar-refractivity contribution in [3.63, 3.8) is 0 Å². The molecule has 0 radical (unpaired) electrons. The van der Waals surface area contributed by atoms with E-state index >= 15 is 0 Å². The SMILES string of the molecule is CN1CCN(c2ccc(-c3nsc(NC(=O)c4ccc(C(F)(F)F)cc4)n3)nc2)CC1. The molecule has 1 fully saturated rings. The van der Waals surface area contributed by atoms with Crippen molar-refractivity contribution in [2.45, 2.75) is 6.18 Å². The van der Waals surface area contributed by atoms with Gasteiger partial charge in [0.05, 0.1) is 17.4 Å².